The maximum Gasteiger partial charge on any atom is 0.303 e. The van der Waals surface area contributed by atoms with E-state index < -0.39 is 5.97 Å². The minimum absolute atomic E-state index is 0.162. The molecule has 0 unspecified atom stereocenters. The van der Waals surface area contributed by atoms with Crippen LogP contribution in [0.1, 0.15) is 37.9 Å². The first kappa shape index (κ1) is 12.1. The molecule has 0 spiro atoms. The van der Waals surface area contributed by atoms with E-state index in [1.54, 1.807) is 6.20 Å². The van der Waals surface area contributed by atoms with Gasteiger partial charge in [0.05, 0.1) is 6.42 Å². The van der Waals surface area contributed by atoms with Crippen molar-refractivity contribution >= 4 is 11.7 Å². The number of carboxylic acid groups (broad SMARTS) is 1. The van der Waals surface area contributed by atoms with Gasteiger partial charge in [-0.1, -0.05) is 12.8 Å². The van der Waals surface area contributed by atoms with Crippen molar-refractivity contribution in [2.45, 2.75) is 38.5 Å². The number of carboxylic acids is 1. The maximum absolute atomic E-state index is 11.1. The van der Waals surface area contributed by atoms with Gasteiger partial charge in [0, 0.05) is 18.8 Å². The molecule has 2 aromatic rings. The van der Waals surface area contributed by atoms with Crippen LogP contribution in [-0.4, -0.2) is 30.7 Å². The van der Waals surface area contributed by atoms with Crippen molar-refractivity contribution < 1.29 is 9.90 Å². The fraction of sp³-hybridized carbons (Fsp3) is 0.538. The van der Waals surface area contributed by atoms with Crippen LogP contribution in [0.3, 0.4) is 0 Å². The molecule has 0 aromatic carbocycles. The van der Waals surface area contributed by atoms with E-state index in [4.69, 9.17) is 5.11 Å². The molecule has 0 radical (unpaired) electrons. The third-order valence-electron chi connectivity index (χ3n) is 3.98. The summed E-state index contributed by atoms with van der Waals surface area (Å²) < 4.78 is 1.85. The Labute approximate surface area is 110 Å². The maximum atomic E-state index is 11.1. The molecule has 1 saturated carbocycles. The number of hydrogen-bond acceptors (Lipinski definition) is 4. The smallest absolute Gasteiger partial charge is 0.303 e. The number of nitrogens with zero attached hydrogens (tertiary/aromatic N) is 4. The highest BCUT2D eigenvalue weighted by atomic mass is 16.4. The van der Waals surface area contributed by atoms with Crippen LogP contribution in [0.25, 0.3) is 5.78 Å². The standard InChI is InChI=1S/C13H16N4O2/c18-11(19)9-13(4-1-2-5-13)8-10-15-16-12-14-6-3-7-17(10)12/h3,6-7H,1-2,4-5,8-9H2,(H,18,19). The van der Waals surface area contributed by atoms with E-state index in [0.29, 0.717) is 12.2 Å². The SMILES string of the molecule is O=C(O)CC1(Cc2nnc3ncccn23)CCCC1. The van der Waals surface area contributed by atoms with Crippen LogP contribution >= 0.6 is 0 Å². The molecule has 1 aliphatic rings. The second-order valence-corrected chi connectivity index (χ2v) is 5.36. The molecule has 0 atom stereocenters. The molecule has 6 heteroatoms. The molecule has 3 rings (SSSR count). The Balaban J connectivity index is 1.91. The molecule has 1 N–H and O–H groups in total. The number of hydrogen-bond donors (Lipinski definition) is 1. The average molecular weight is 260 g/mol. The average Bonchev–Trinajstić information content (AvgIpc) is 2.98. The Hall–Kier alpha value is -1.98. The van der Waals surface area contributed by atoms with Gasteiger partial charge in [-0.25, -0.2) is 4.98 Å². The molecule has 1 fully saturated rings. The lowest BCUT2D eigenvalue weighted by Crippen LogP contribution is -2.25. The van der Waals surface area contributed by atoms with Crippen molar-refractivity contribution in [2.75, 3.05) is 0 Å². The molecule has 6 nitrogen and oxygen atoms in total. The van der Waals surface area contributed by atoms with Crippen molar-refractivity contribution in [2.24, 2.45) is 5.41 Å². The molecule has 19 heavy (non-hydrogen) atoms. The first-order valence-corrected chi connectivity index (χ1v) is 6.55. The minimum Gasteiger partial charge on any atom is -0.481 e. The number of aromatic nitrogens is 4. The van der Waals surface area contributed by atoms with Gasteiger partial charge in [0.1, 0.15) is 5.82 Å². The fourth-order valence-corrected chi connectivity index (χ4v) is 3.11. The molecule has 100 valence electrons. The summed E-state index contributed by atoms with van der Waals surface area (Å²) in [6.07, 6.45) is 8.53. The van der Waals surface area contributed by atoms with E-state index >= 15 is 0 Å². The van der Waals surface area contributed by atoms with Crippen molar-refractivity contribution in [3.8, 4) is 0 Å². The second kappa shape index (κ2) is 4.60. The Morgan fingerprint density at radius 1 is 1.37 bits per heavy atom. The molecule has 0 bridgehead atoms. The monoisotopic (exact) mass is 260 g/mol. The van der Waals surface area contributed by atoms with E-state index in [9.17, 15) is 4.79 Å². The first-order valence-electron chi connectivity index (χ1n) is 6.55. The molecule has 1 aliphatic carbocycles. The van der Waals surface area contributed by atoms with Crippen molar-refractivity contribution in [1.82, 2.24) is 19.6 Å². The van der Waals surface area contributed by atoms with E-state index in [-0.39, 0.29) is 11.8 Å². The zero-order chi connectivity index (χ0) is 13.3. The lowest BCUT2D eigenvalue weighted by atomic mass is 9.79. The zero-order valence-electron chi connectivity index (χ0n) is 10.6. The van der Waals surface area contributed by atoms with Gasteiger partial charge < -0.3 is 5.11 Å². The third-order valence-corrected chi connectivity index (χ3v) is 3.98. The summed E-state index contributed by atoms with van der Waals surface area (Å²) in [7, 11) is 0. The van der Waals surface area contributed by atoms with Crippen LogP contribution in [0.2, 0.25) is 0 Å². The van der Waals surface area contributed by atoms with E-state index in [0.717, 1.165) is 31.5 Å². The van der Waals surface area contributed by atoms with Gasteiger partial charge in [-0.15, -0.1) is 10.2 Å². The summed E-state index contributed by atoms with van der Waals surface area (Å²) in [5, 5.41) is 17.3. The number of aliphatic carboxylic acids is 1. The van der Waals surface area contributed by atoms with Crippen LogP contribution in [0.4, 0.5) is 0 Å². The van der Waals surface area contributed by atoms with Gasteiger partial charge in [0.2, 0.25) is 0 Å². The van der Waals surface area contributed by atoms with Crippen LogP contribution in [-0.2, 0) is 11.2 Å². The second-order valence-electron chi connectivity index (χ2n) is 5.36. The quantitative estimate of drug-likeness (QED) is 0.905. The van der Waals surface area contributed by atoms with Gasteiger partial charge in [0.25, 0.3) is 5.78 Å². The number of fused-ring (bicyclic) bond motifs is 1. The molecule has 0 amide bonds. The summed E-state index contributed by atoms with van der Waals surface area (Å²) in [5.41, 5.74) is -0.162. The molecule has 2 heterocycles. The molecule has 0 aliphatic heterocycles. The summed E-state index contributed by atoms with van der Waals surface area (Å²) in [5.74, 6) is 0.654. The highest BCUT2D eigenvalue weighted by Crippen LogP contribution is 2.43. The van der Waals surface area contributed by atoms with Crippen LogP contribution in [0, 0.1) is 5.41 Å². The minimum atomic E-state index is -0.728. The fourth-order valence-electron chi connectivity index (χ4n) is 3.11. The molecular formula is C13H16N4O2. The zero-order valence-corrected chi connectivity index (χ0v) is 10.6. The van der Waals surface area contributed by atoms with Crippen molar-refractivity contribution in [1.29, 1.82) is 0 Å². The van der Waals surface area contributed by atoms with E-state index in [1.165, 1.54) is 0 Å². The van der Waals surface area contributed by atoms with Gasteiger partial charge in [-0.3, -0.25) is 9.20 Å². The Morgan fingerprint density at radius 3 is 2.89 bits per heavy atom. The van der Waals surface area contributed by atoms with E-state index in [1.807, 2.05) is 16.7 Å². The molecular weight excluding hydrogens is 244 g/mol. The predicted molar refractivity (Wildman–Crippen MR) is 67.6 cm³/mol. The van der Waals surface area contributed by atoms with Crippen LogP contribution in [0.5, 0.6) is 0 Å². The normalized spacial score (nSPS) is 17.9. The molecule has 2 aromatic heterocycles. The summed E-state index contributed by atoms with van der Waals surface area (Å²) in [6, 6.07) is 1.83. The van der Waals surface area contributed by atoms with Gasteiger partial charge >= 0.3 is 5.97 Å². The Bertz CT molecular complexity index is 601. The third kappa shape index (κ3) is 2.30. The van der Waals surface area contributed by atoms with Crippen molar-refractivity contribution in [3.05, 3.63) is 24.3 Å². The highest BCUT2D eigenvalue weighted by Gasteiger charge is 2.37. The lowest BCUT2D eigenvalue weighted by Gasteiger charge is -2.25. The van der Waals surface area contributed by atoms with E-state index in [2.05, 4.69) is 15.2 Å². The lowest BCUT2D eigenvalue weighted by molar-refractivity contribution is -0.139. The largest absolute Gasteiger partial charge is 0.481 e. The summed E-state index contributed by atoms with van der Waals surface area (Å²) in [6.45, 7) is 0. The highest BCUT2D eigenvalue weighted by molar-refractivity contribution is 5.67. The number of rotatable bonds is 4. The summed E-state index contributed by atoms with van der Waals surface area (Å²) >= 11 is 0. The number of carbonyl (C=O) groups is 1. The first-order chi connectivity index (χ1) is 9.19. The topological polar surface area (TPSA) is 80.4 Å². The van der Waals surface area contributed by atoms with Gasteiger partial charge in [-0.05, 0) is 24.3 Å². The Morgan fingerprint density at radius 2 is 2.16 bits per heavy atom. The van der Waals surface area contributed by atoms with Crippen LogP contribution < -0.4 is 0 Å². The van der Waals surface area contributed by atoms with Gasteiger partial charge in [-0.2, -0.15) is 0 Å². The predicted octanol–water partition coefficient (Wildman–Crippen LogP) is 1.70. The molecule has 0 saturated heterocycles. The van der Waals surface area contributed by atoms with Crippen molar-refractivity contribution in [3.63, 3.8) is 0 Å². The summed E-state index contributed by atoms with van der Waals surface area (Å²) in [4.78, 5) is 15.2. The van der Waals surface area contributed by atoms with Crippen LogP contribution in [0.15, 0.2) is 18.5 Å². The Kier molecular flexibility index (Phi) is 2.93. The van der Waals surface area contributed by atoms with Gasteiger partial charge in [0.15, 0.2) is 0 Å².